The molecule has 2 atom stereocenters. The van der Waals surface area contributed by atoms with Crippen molar-refractivity contribution in [1.29, 1.82) is 0 Å². The Bertz CT molecular complexity index is 1200. The molecule has 2 N–H and O–H groups in total. The lowest BCUT2D eigenvalue weighted by Crippen LogP contribution is -2.63. The van der Waals surface area contributed by atoms with E-state index in [1.54, 1.807) is 6.07 Å². The lowest BCUT2D eigenvalue weighted by Gasteiger charge is -2.50. The first-order chi connectivity index (χ1) is 19.9. The molecule has 3 saturated carbocycles. The summed E-state index contributed by atoms with van der Waals surface area (Å²) in [5, 5.41) is 6.49. The summed E-state index contributed by atoms with van der Waals surface area (Å²) in [5.74, 6) is 0.963. The Kier molecular flexibility index (Phi) is 9.91. The van der Waals surface area contributed by atoms with E-state index in [9.17, 15) is 14.0 Å². The molecule has 222 valence electrons. The number of carbonyl (C=O) groups excluding carboxylic acids is 2. The zero-order chi connectivity index (χ0) is 28.7. The first-order valence-corrected chi connectivity index (χ1v) is 15.3. The number of carbonyl (C=O) groups is 2. The van der Waals surface area contributed by atoms with E-state index < -0.39 is 17.5 Å². The first kappa shape index (κ1) is 29.5. The minimum absolute atomic E-state index is 0.00192. The van der Waals surface area contributed by atoms with Crippen LogP contribution in [0.3, 0.4) is 0 Å². The maximum atomic E-state index is 13.8. The Morgan fingerprint density at radius 1 is 0.951 bits per heavy atom. The fraction of sp³-hybridized carbons (Fsp3) is 0.562. The van der Waals surface area contributed by atoms with Crippen LogP contribution in [0.2, 0.25) is 5.02 Å². The Hall–Kier alpha value is -3.00. The quantitative estimate of drug-likeness (QED) is 0.411. The number of rotatable bonds is 6. The van der Waals surface area contributed by atoms with Crippen LogP contribution in [0, 0.1) is 11.7 Å². The Morgan fingerprint density at radius 2 is 1.66 bits per heavy atom. The highest BCUT2D eigenvalue weighted by molar-refractivity contribution is 6.30. The van der Waals surface area contributed by atoms with Gasteiger partial charge in [-0.1, -0.05) is 75.1 Å². The van der Waals surface area contributed by atoms with Crippen molar-refractivity contribution in [3.63, 3.8) is 0 Å². The number of ether oxygens (including phenoxy) is 3. The zero-order valence-corrected chi connectivity index (χ0v) is 24.2. The summed E-state index contributed by atoms with van der Waals surface area (Å²) in [4.78, 5) is 26.4. The van der Waals surface area contributed by atoms with Gasteiger partial charge in [0, 0.05) is 17.6 Å². The number of hydrogen-bond donors (Lipinski definition) is 2. The standard InChI is InChI=1S/C32H40ClFN2O5/c33-25-15-14-24(16-26(25)34)39-21-30(37)35-23-11-7-5-3-1-2-4-6-10-22-17-32(18-22,19-23)36-31(38)29-20-40-27-12-8-9-13-28(27)41-29/h8-9,12-16,22-23,29H,1-7,10-11,17-21H2,(H,35,37)(H,36,38)/t22?,23?,29-,32?/m1/s1. The molecule has 0 spiro atoms. The molecule has 0 saturated heterocycles. The summed E-state index contributed by atoms with van der Waals surface area (Å²) < 4.78 is 31.1. The molecule has 2 amide bonds. The molecule has 41 heavy (non-hydrogen) atoms. The molecule has 0 radical (unpaired) electrons. The largest absolute Gasteiger partial charge is 0.485 e. The van der Waals surface area contributed by atoms with Gasteiger partial charge in [-0.2, -0.15) is 0 Å². The van der Waals surface area contributed by atoms with E-state index in [1.165, 1.54) is 50.3 Å². The molecule has 1 unspecified atom stereocenters. The summed E-state index contributed by atoms with van der Waals surface area (Å²) in [5.41, 5.74) is -0.412. The van der Waals surface area contributed by atoms with Gasteiger partial charge < -0.3 is 24.8 Å². The third-order valence-corrected chi connectivity index (χ3v) is 8.78. The number of hydrogen-bond acceptors (Lipinski definition) is 5. The van der Waals surface area contributed by atoms with Crippen molar-refractivity contribution in [2.24, 2.45) is 5.92 Å². The monoisotopic (exact) mass is 586 g/mol. The second kappa shape index (κ2) is 13.8. The normalized spacial score (nSPS) is 26.5. The van der Waals surface area contributed by atoms with Crippen LogP contribution in [-0.4, -0.2) is 42.7 Å². The van der Waals surface area contributed by atoms with Crippen LogP contribution in [0.5, 0.6) is 17.2 Å². The van der Waals surface area contributed by atoms with Crippen LogP contribution in [-0.2, 0) is 9.59 Å². The van der Waals surface area contributed by atoms with Crippen LogP contribution in [0.1, 0.15) is 77.0 Å². The molecule has 0 aromatic heterocycles. The van der Waals surface area contributed by atoms with Crippen molar-refractivity contribution >= 4 is 23.4 Å². The van der Waals surface area contributed by atoms with Crippen molar-refractivity contribution in [3.05, 3.63) is 53.3 Å². The average molecular weight is 587 g/mol. The summed E-state index contributed by atoms with van der Waals surface area (Å²) >= 11 is 5.75. The van der Waals surface area contributed by atoms with Crippen LogP contribution in [0.4, 0.5) is 4.39 Å². The van der Waals surface area contributed by atoms with Gasteiger partial charge in [0.05, 0.1) is 5.02 Å². The summed E-state index contributed by atoms with van der Waals surface area (Å²) in [6.07, 6.45) is 12.0. The van der Waals surface area contributed by atoms with Crippen molar-refractivity contribution in [2.75, 3.05) is 13.2 Å². The molecule has 6 rings (SSSR count). The third-order valence-electron chi connectivity index (χ3n) is 8.48. The third kappa shape index (κ3) is 8.06. The number of para-hydroxylation sites is 2. The van der Waals surface area contributed by atoms with E-state index in [0.717, 1.165) is 38.5 Å². The molecular weight excluding hydrogens is 547 g/mol. The first-order valence-electron chi connectivity index (χ1n) is 15.0. The average Bonchev–Trinajstić information content (AvgIpc) is 2.95. The topological polar surface area (TPSA) is 85.9 Å². The molecular formula is C32H40ClFN2O5. The number of amides is 2. The molecule has 1 heterocycles. The molecule has 7 nitrogen and oxygen atoms in total. The highest BCUT2D eigenvalue weighted by Gasteiger charge is 2.47. The molecule has 9 heteroatoms. The Balaban J connectivity index is 1.24. The predicted molar refractivity (Wildman–Crippen MR) is 155 cm³/mol. The maximum absolute atomic E-state index is 13.8. The smallest absolute Gasteiger partial charge is 0.265 e. The van der Waals surface area contributed by atoms with Gasteiger partial charge in [0.25, 0.3) is 11.8 Å². The summed E-state index contributed by atoms with van der Waals surface area (Å²) in [7, 11) is 0. The molecule has 2 aromatic carbocycles. The molecule has 1 aliphatic heterocycles. The van der Waals surface area contributed by atoms with Crippen LogP contribution in [0.25, 0.3) is 0 Å². The van der Waals surface area contributed by atoms with E-state index >= 15 is 0 Å². The number of nitrogens with one attached hydrogen (secondary N) is 2. The van der Waals surface area contributed by atoms with Gasteiger partial charge in [0.2, 0.25) is 6.10 Å². The fourth-order valence-electron chi connectivity index (χ4n) is 6.45. The van der Waals surface area contributed by atoms with Gasteiger partial charge in [-0.3, -0.25) is 9.59 Å². The Morgan fingerprint density at radius 3 is 2.41 bits per heavy atom. The lowest BCUT2D eigenvalue weighted by molar-refractivity contribution is -0.134. The van der Waals surface area contributed by atoms with Gasteiger partial charge in [-0.05, 0) is 55.9 Å². The van der Waals surface area contributed by atoms with Crippen molar-refractivity contribution < 1.29 is 28.2 Å². The van der Waals surface area contributed by atoms with Crippen molar-refractivity contribution in [2.45, 2.75) is 94.7 Å². The highest BCUT2D eigenvalue weighted by Crippen LogP contribution is 2.45. The van der Waals surface area contributed by atoms with E-state index in [0.29, 0.717) is 23.8 Å². The molecule has 2 bridgehead atoms. The second-order valence-corrected chi connectivity index (χ2v) is 12.2. The van der Waals surface area contributed by atoms with Gasteiger partial charge in [-0.15, -0.1) is 0 Å². The predicted octanol–water partition coefficient (Wildman–Crippen LogP) is 6.36. The van der Waals surface area contributed by atoms with Gasteiger partial charge in [0.15, 0.2) is 18.1 Å². The van der Waals surface area contributed by atoms with Crippen LogP contribution < -0.4 is 24.8 Å². The molecule has 3 aliphatic carbocycles. The molecule has 4 aliphatic rings. The van der Waals surface area contributed by atoms with E-state index in [4.69, 9.17) is 25.8 Å². The minimum Gasteiger partial charge on any atom is -0.485 e. The highest BCUT2D eigenvalue weighted by atomic mass is 35.5. The number of fused-ring (bicyclic) bond motifs is 11. The van der Waals surface area contributed by atoms with Crippen molar-refractivity contribution in [1.82, 2.24) is 10.6 Å². The number of halogens is 2. The SMILES string of the molecule is O=C(COc1ccc(Cl)c(F)c1)NC1CCCCCCCCCC2CC(NC(=O)[C@H]3COc4ccccc4O3)(C2)C1. The molecule has 3 fully saturated rings. The van der Waals surface area contributed by atoms with Crippen molar-refractivity contribution in [3.8, 4) is 17.2 Å². The number of benzene rings is 2. The molecule has 2 aromatic rings. The van der Waals surface area contributed by atoms with E-state index in [1.807, 2.05) is 18.2 Å². The van der Waals surface area contributed by atoms with Gasteiger partial charge >= 0.3 is 0 Å². The maximum Gasteiger partial charge on any atom is 0.265 e. The van der Waals surface area contributed by atoms with Gasteiger partial charge in [-0.25, -0.2) is 4.39 Å². The Labute approximate surface area is 246 Å². The summed E-state index contributed by atoms with van der Waals surface area (Å²) in [6, 6.07) is 11.4. The zero-order valence-electron chi connectivity index (χ0n) is 23.5. The fourth-order valence-corrected chi connectivity index (χ4v) is 6.57. The lowest BCUT2D eigenvalue weighted by atomic mass is 9.63. The van der Waals surface area contributed by atoms with Crippen LogP contribution in [0.15, 0.2) is 42.5 Å². The van der Waals surface area contributed by atoms with Gasteiger partial charge in [0.1, 0.15) is 18.2 Å². The minimum atomic E-state index is -0.729. The summed E-state index contributed by atoms with van der Waals surface area (Å²) in [6.45, 7) is -0.0721. The van der Waals surface area contributed by atoms with E-state index in [-0.39, 0.29) is 41.8 Å². The van der Waals surface area contributed by atoms with E-state index in [2.05, 4.69) is 10.6 Å². The van der Waals surface area contributed by atoms with Crippen LogP contribution >= 0.6 is 11.6 Å². The second-order valence-electron chi connectivity index (χ2n) is 11.8.